The zero-order chi connectivity index (χ0) is 22.5. The number of carbonyl (C=O) groups excluding carboxylic acids is 1. The quantitative estimate of drug-likeness (QED) is 0.357. The number of imidazole rings is 1. The molecule has 32 heavy (non-hydrogen) atoms. The molecule has 0 bridgehead atoms. The van der Waals surface area contributed by atoms with Gasteiger partial charge in [0.1, 0.15) is 5.82 Å². The molecule has 0 radical (unpaired) electrons. The number of fused-ring (bicyclic) bond motifs is 1. The van der Waals surface area contributed by atoms with Gasteiger partial charge in [0.2, 0.25) is 0 Å². The summed E-state index contributed by atoms with van der Waals surface area (Å²) >= 11 is 5.35. The van der Waals surface area contributed by atoms with Crippen molar-refractivity contribution >= 4 is 45.6 Å². The molecule has 4 rings (SSSR count). The van der Waals surface area contributed by atoms with Gasteiger partial charge in [-0.2, -0.15) is 0 Å². The van der Waals surface area contributed by atoms with Crippen LogP contribution in [0.2, 0.25) is 0 Å². The Morgan fingerprint density at radius 3 is 2.47 bits per heavy atom. The number of rotatable bonds is 6. The van der Waals surface area contributed by atoms with E-state index < -0.39 is 0 Å². The number of amides is 1. The summed E-state index contributed by atoms with van der Waals surface area (Å²) in [7, 11) is 0. The van der Waals surface area contributed by atoms with Crippen molar-refractivity contribution in [2.24, 2.45) is 0 Å². The lowest BCUT2D eigenvalue weighted by molar-refractivity contribution is 0.0978. The average Bonchev–Trinajstić information content (AvgIpc) is 3.25. The maximum absolute atomic E-state index is 12.6. The highest BCUT2D eigenvalue weighted by Crippen LogP contribution is 2.23. The van der Waals surface area contributed by atoms with E-state index in [4.69, 9.17) is 12.2 Å². The van der Waals surface area contributed by atoms with Crippen LogP contribution in [0, 0.1) is 0 Å². The number of hydrogen-bond donors (Lipinski definition) is 3. The number of carbonyl (C=O) groups is 1. The number of aromatic amines is 1. The van der Waals surface area contributed by atoms with Crippen LogP contribution in [0.1, 0.15) is 24.2 Å². The van der Waals surface area contributed by atoms with E-state index in [1.165, 1.54) is 0 Å². The zero-order valence-corrected chi connectivity index (χ0v) is 18.9. The largest absolute Gasteiger partial charge is 0.372 e. The van der Waals surface area contributed by atoms with Crippen LogP contribution in [0.5, 0.6) is 0 Å². The summed E-state index contributed by atoms with van der Waals surface area (Å²) in [4.78, 5) is 22.8. The van der Waals surface area contributed by atoms with E-state index in [1.54, 1.807) is 0 Å². The van der Waals surface area contributed by atoms with Crippen molar-refractivity contribution in [1.29, 1.82) is 0 Å². The topological polar surface area (TPSA) is 73.1 Å². The number of anilines is 2. The molecule has 0 aliphatic heterocycles. The van der Waals surface area contributed by atoms with Gasteiger partial charge in [0.15, 0.2) is 5.11 Å². The summed E-state index contributed by atoms with van der Waals surface area (Å²) in [6.07, 6.45) is 0. The molecule has 3 N–H and O–H groups in total. The minimum atomic E-state index is -0.248. The second-order valence-electron chi connectivity index (χ2n) is 7.31. The zero-order valence-electron chi connectivity index (χ0n) is 18.1. The highest BCUT2D eigenvalue weighted by atomic mass is 32.1. The average molecular weight is 444 g/mol. The summed E-state index contributed by atoms with van der Waals surface area (Å²) in [5, 5.41) is 6.07. The van der Waals surface area contributed by atoms with Gasteiger partial charge < -0.3 is 15.2 Å². The second kappa shape index (κ2) is 9.62. The number of H-pyrrole nitrogens is 1. The number of thiocarbonyl (C=S) groups is 1. The Hall–Kier alpha value is -3.71. The first-order valence-corrected chi connectivity index (χ1v) is 11.0. The Morgan fingerprint density at radius 2 is 1.75 bits per heavy atom. The normalized spacial score (nSPS) is 10.7. The molecule has 1 heterocycles. The van der Waals surface area contributed by atoms with Crippen LogP contribution in [-0.2, 0) is 0 Å². The lowest BCUT2D eigenvalue weighted by Crippen LogP contribution is -2.34. The number of nitrogens with zero attached hydrogens (tertiary/aromatic N) is 2. The van der Waals surface area contributed by atoms with Crippen molar-refractivity contribution in [3.63, 3.8) is 0 Å². The third kappa shape index (κ3) is 4.78. The summed E-state index contributed by atoms with van der Waals surface area (Å²) in [5.41, 5.74) is 5.24. The molecule has 0 atom stereocenters. The molecule has 7 heteroatoms. The Kier molecular flexibility index (Phi) is 6.47. The lowest BCUT2D eigenvalue weighted by Gasteiger charge is -2.21. The monoisotopic (exact) mass is 443 g/mol. The lowest BCUT2D eigenvalue weighted by atomic mass is 10.2. The van der Waals surface area contributed by atoms with E-state index in [1.807, 2.05) is 72.8 Å². The first-order chi connectivity index (χ1) is 15.6. The van der Waals surface area contributed by atoms with Crippen molar-refractivity contribution < 1.29 is 4.79 Å². The molecule has 0 fully saturated rings. The van der Waals surface area contributed by atoms with Crippen LogP contribution < -0.4 is 15.5 Å². The van der Waals surface area contributed by atoms with E-state index >= 15 is 0 Å². The van der Waals surface area contributed by atoms with Crippen LogP contribution in [0.3, 0.4) is 0 Å². The molecule has 4 aromatic rings. The fourth-order valence-corrected chi connectivity index (χ4v) is 3.79. The molecular weight excluding hydrogens is 418 g/mol. The fraction of sp³-hybridized carbons (Fsp3) is 0.160. The molecule has 0 unspecified atom stereocenters. The minimum absolute atomic E-state index is 0.240. The van der Waals surface area contributed by atoms with Crippen LogP contribution in [0.4, 0.5) is 11.4 Å². The van der Waals surface area contributed by atoms with Gasteiger partial charge in [-0.1, -0.05) is 24.3 Å². The minimum Gasteiger partial charge on any atom is -0.372 e. The summed E-state index contributed by atoms with van der Waals surface area (Å²) in [6.45, 7) is 6.06. The van der Waals surface area contributed by atoms with Crippen molar-refractivity contribution in [3.05, 3.63) is 78.4 Å². The van der Waals surface area contributed by atoms with Crippen molar-refractivity contribution in [3.8, 4) is 11.4 Å². The number of para-hydroxylation sites is 2. The van der Waals surface area contributed by atoms with Crippen molar-refractivity contribution in [2.75, 3.05) is 23.3 Å². The Morgan fingerprint density at radius 1 is 1.00 bits per heavy atom. The molecule has 3 aromatic carbocycles. The molecule has 6 nitrogen and oxygen atoms in total. The van der Waals surface area contributed by atoms with Gasteiger partial charge in [-0.05, 0) is 74.6 Å². The van der Waals surface area contributed by atoms with Crippen LogP contribution in [-0.4, -0.2) is 34.1 Å². The molecule has 1 amide bonds. The summed E-state index contributed by atoms with van der Waals surface area (Å²) < 4.78 is 0. The molecule has 0 aliphatic rings. The molecule has 0 saturated heterocycles. The summed E-state index contributed by atoms with van der Waals surface area (Å²) in [5.74, 6) is 0.528. The molecule has 0 spiro atoms. The first-order valence-electron chi connectivity index (χ1n) is 10.6. The number of aromatic nitrogens is 2. The predicted molar refractivity (Wildman–Crippen MR) is 135 cm³/mol. The third-order valence-electron chi connectivity index (χ3n) is 5.27. The van der Waals surface area contributed by atoms with Gasteiger partial charge in [0, 0.05) is 35.6 Å². The Labute approximate surface area is 192 Å². The van der Waals surface area contributed by atoms with Gasteiger partial charge in [0.05, 0.1) is 11.0 Å². The van der Waals surface area contributed by atoms with Gasteiger partial charge >= 0.3 is 0 Å². The van der Waals surface area contributed by atoms with Gasteiger partial charge in [0.25, 0.3) is 5.91 Å². The predicted octanol–water partition coefficient (Wildman–Crippen LogP) is 5.20. The van der Waals surface area contributed by atoms with Gasteiger partial charge in [-0.25, -0.2) is 4.98 Å². The second-order valence-corrected chi connectivity index (χ2v) is 7.72. The number of benzene rings is 3. The molecule has 1 aromatic heterocycles. The van der Waals surface area contributed by atoms with Crippen LogP contribution >= 0.6 is 12.2 Å². The maximum Gasteiger partial charge on any atom is 0.257 e. The van der Waals surface area contributed by atoms with E-state index in [2.05, 4.69) is 39.3 Å². The number of hydrogen-bond acceptors (Lipinski definition) is 4. The van der Waals surface area contributed by atoms with Crippen molar-refractivity contribution in [2.45, 2.75) is 13.8 Å². The SMILES string of the molecule is CCN(CC)c1ccc(C(=O)NC(=S)Nc2cccc(-c3nc4ccccc4[nH]3)c2)cc1. The van der Waals surface area contributed by atoms with E-state index in [0.29, 0.717) is 5.56 Å². The highest BCUT2D eigenvalue weighted by Gasteiger charge is 2.10. The smallest absolute Gasteiger partial charge is 0.257 e. The molecule has 0 saturated carbocycles. The highest BCUT2D eigenvalue weighted by molar-refractivity contribution is 7.80. The standard InChI is InChI=1S/C25H25N5OS/c1-3-30(4-2)20-14-12-17(13-15-20)24(31)29-25(32)26-19-9-7-8-18(16-19)23-27-21-10-5-6-11-22(21)28-23/h5-16H,3-4H2,1-2H3,(H,27,28)(H2,26,29,31,32). The Balaban J connectivity index is 1.42. The number of nitrogens with one attached hydrogen (secondary N) is 3. The molecule has 162 valence electrons. The van der Waals surface area contributed by atoms with Crippen LogP contribution in [0.25, 0.3) is 22.4 Å². The fourth-order valence-electron chi connectivity index (χ4n) is 3.58. The Bertz CT molecular complexity index is 1210. The van der Waals surface area contributed by atoms with E-state index in [9.17, 15) is 4.79 Å². The third-order valence-corrected chi connectivity index (χ3v) is 5.47. The first kappa shape index (κ1) is 21.5. The van der Waals surface area contributed by atoms with Gasteiger partial charge in [-0.15, -0.1) is 0 Å². The summed E-state index contributed by atoms with van der Waals surface area (Å²) in [6, 6.07) is 23.2. The van der Waals surface area contributed by atoms with Crippen LogP contribution in [0.15, 0.2) is 72.8 Å². The maximum atomic E-state index is 12.6. The molecular formula is C25H25N5OS. The van der Waals surface area contributed by atoms with E-state index in [0.717, 1.165) is 46.9 Å². The van der Waals surface area contributed by atoms with Gasteiger partial charge in [-0.3, -0.25) is 10.1 Å². The van der Waals surface area contributed by atoms with Crippen molar-refractivity contribution in [1.82, 2.24) is 15.3 Å². The van der Waals surface area contributed by atoms with E-state index in [-0.39, 0.29) is 11.0 Å². The molecule has 0 aliphatic carbocycles.